The van der Waals surface area contributed by atoms with E-state index < -0.39 is 0 Å². The maximum absolute atomic E-state index is 12.7. The third-order valence-corrected chi connectivity index (χ3v) is 3.81. The largest absolute Gasteiger partial charge is 0.395 e. The van der Waals surface area contributed by atoms with Gasteiger partial charge in [-0.2, -0.15) is 0 Å². The standard InChI is InChI=1S/C16H24N2O2/c1-2-3-9-18(10-11-19)16(20)15-6-4-5-13-12-17-8-7-14(13)15/h4-6,17,19H,2-3,7-12H2,1H3. The van der Waals surface area contributed by atoms with E-state index in [1.165, 1.54) is 11.1 Å². The van der Waals surface area contributed by atoms with Gasteiger partial charge in [0.15, 0.2) is 0 Å². The van der Waals surface area contributed by atoms with Gasteiger partial charge in [-0.05, 0) is 36.6 Å². The number of amides is 1. The highest BCUT2D eigenvalue weighted by Crippen LogP contribution is 2.20. The monoisotopic (exact) mass is 276 g/mol. The van der Waals surface area contributed by atoms with Gasteiger partial charge in [0.2, 0.25) is 0 Å². The molecule has 2 rings (SSSR count). The van der Waals surface area contributed by atoms with Gasteiger partial charge in [0.05, 0.1) is 6.61 Å². The maximum Gasteiger partial charge on any atom is 0.254 e. The predicted molar refractivity (Wildman–Crippen MR) is 79.8 cm³/mol. The Morgan fingerprint density at radius 2 is 2.25 bits per heavy atom. The van der Waals surface area contributed by atoms with Crippen LogP contribution in [0.1, 0.15) is 41.3 Å². The zero-order valence-electron chi connectivity index (χ0n) is 12.2. The molecule has 0 radical (unpaired) electrons. The topological polar surface area (TPSA) is 52.6 Å². The minimum absolute atomic E-state index is 0.0199. The van der Waals surface area contributed by atoms with Crippen LogP contribution in [-0.4, -0.2) is 42.2 Å². The number of carbonyl (C=O) groups is 1. The summed E-state index contributed by atoms with van der Waals surface area (Å²) in [6.07, 6.45) is 2.92. The Kier molecular flexibility index (Phi) is 5.56. The van der Waals surface area contributed by atoms with Gasteiger partial charge in [-0.3, -0.25) is 4.79 Å². The van der Waals surface area contributed by atoms with Crippen LogP contribution < -0.4 is 5.32 Å². The molecule has 1 heterocycles. The highest BCUT2D eigenvalue weighted by molar-refractivity contribution is 5.96. The van der Waals surface area contributed by atoms with Gasteiger partial charge < -0.3 is 15.3 Å². The third-order valence-electron chi connectivity index (χ3n) is 3.81. The Hall–Kier alpha value is -1.39. The average Bonchev–Trinajstić information content (AvgIpc) is 2.50. The molecular formula is C16H24N2O2. The summed E-state index contributed by atoms with van der Waals surface area (Å²) < 4.78 is 0. The first-order chi connectivity index (χ1) is 9.77. The molecule has 0 aliphatic carbocycles. The summed E-state index contributed by atoms with van der Waals surface area (Å²) in [6, 6.07) is 5.96. The molecule has 1 amide bonds. The molecule has 0 bridgehead atoms. The van der Waals surface area contributed by atoms with Crippen molar-refractivity contribution in [3.8, 4) is 0 Å². The fourth-order valence-corrected chi connectivity index (χ4v) is 2.69. The molecule has 0 aromatic heterocycles. The Bertz CT molecular complexity index is 460. The Morgan fingerprint density at radius 3 is 3.00 bits per heavy atom. The van der Waals surface area contributed by atoms with Gasteiger partial charge in [0, 0.05) is 25.2 Å². The van der Waals surface area contributed by atoms with Crippen LogP contribution in [0.5, 0.6) is 0 Å². The van der Waals surface area contributed by atoms with E-state index in [4.69, 9.17) is 5.11 Å². The number of nitrogens with one attached hydrogen (secondary N) is 1. The molecular weight excluding hydrogens is 252 g/mol. The molecule has 20 heavy (non-hydrogen) atoms. The van der Waals surface area contributed by atoms with Crippen molar-refractivity contribution < 1.29 is 9.90 Å². The molecule has 0 fully saturated rings. The normalized spacial score (nSPS) is 13.9. The Labute approximate surface area is 120 Å². The smallest absolute Gasteiger partial charge is 0.254 e. The molecule has 4 heteroatoms. The van der Waals surface area contributed by atoms with Crippen molar-refractivity contribution in [2.45, 2.75) is 32.7 Å². The van der Waals surface area contributed by atoms with Crippen molar-refractivity contribution in [2.24, 2.45) is 0 Å². The molecule has 0 saturated heterocycles. The van der Waals surface area contributed by atoms with E-state index in [0.29, 0.717) is 6.54 Å². The fraction of sp³-hybridized carbons (Fsp3) is 0.562. The minimum atomic E-state index is 0.0199. The van der Waals surface area contributed by atoms with Gasteiger partial charge >= 0.3 is 0 Å². The lowest BCUT2D eigenvalue weighted by atomic mass is 9.94. The molecule has 0 saturated carbocycles. The molecule has 1 aliphatic heterocycles. The van der Waals surface area contributed by atoms with Gasteiger partial charge in [-0.1, -0.05) is 25.5 Å². The van der Waals surface area contributed by atoms with Crippen LogP contribution in [0.3, 0.4) is 0 Å². The number of unbranched alkanes of at least 4 members (excludes halogenated alkanes) is 1. The summed E-state index contributed by atoms with van der Waals surface area (Å²) in [4.78, 5) is 14.5. The highest BCUT2D eigenvalue weighted by atomic mass is 16.3. The number of fused-ring (bicyclic) bond motifs is 1. The van der Waals surface area contributed by atoms with Crippen LogP contribution in [-0.2, 0) is 13.0 Å². The number of hydrogen-bond donors (Lipinski definition) is 2. The van der Waals surface area contributed by atoms with Crippen molar-refractivity contribution in [1.82, 2.24) is 10.2 Å². The summed E-state index contributed by atoms with van der Waals surface area (Å²) in [7, 11) is 0. The number of nitrogens with zero attached hydrogens (tertiary/aromatic N) is 1. The van der Waals surface area contributed by atoms with Crippen LogP contribution in [0.2, 0.25) is 0 Å². The van der Waals surface area contributed by atoms with Crippen molar-refractivity contribution in [3.05, 3.63) is 34.9 Å². The summed E-state index contributed by atoms with van der Waals surface area (Å²) in [5, 5.41) is 12.5. The second-order valence-corrected chi connectivity index (χ2v) is 5.24. The van der Waals surface area contributed by atoms with Crippen LogP contribution in [0.25, 0.3) is 0 Å². The van der Waals surface area contributed by atoms with Crippen LogP contribution in [0.15, 0.2) is 18.2 Å². The number of benzene rings is 1. The predicted octanol–water partition coefficient (Wildman–Crippen LogP) is 1.57. The summed E-state index contributed by atoms with van der Waals surface area (Å²) >= 11 is 0. The van der Waals surface area contributed by atoms with E-state index in [0.717, 1.165) is 44.5 Å². The van der Waals surface area contributed by atoms with Crippen molar-refractivity contribution in [3.63, 3.8) is 0 Å². The fourth-order valence-electron chi connectivity index (χ4n) is 2.69. The minimum Gasteiger partial charge on any atom is -0.395 e. The lowest BCUT2D eigenvalue weighted by Gasteiger charge is -2.25. The van der Waals surface area contributed by atoms with E-state index in [9.17, 15) is 4.79 Å². The van der Waals surface area contributed by atoms with Gasteiger partial charge in [0.25, 0.3) is 5.91 Å². The molecule has 110 valence electrons. The summed E-state index contributed by atoms with van der Waals surface area (Å²) in [5.41, 5.74) is 3.21. The molecule has 0 unspecified atom stereocenters. The van der Waals surface area contributed by atoms with Crippen LogP contribution in [0, 0.1) is 0 Å². The number of carbonyl (C=O) groups excluding carboxylic acids is 1. The number of rotatable bonds is 6. The van der Waals surface area contributed by atoms with E-state index in [-0.39, 0.29) is 12.5 Å². The van der Waals surface area contributed by atoms with Crippen molar-refractivity contribution in [1.29, 1.82) is 0 Å². The van der Waals surface area contributed by atoms with E-state index in [2.05, 4.69) is 18.3 Å². The molecule has 1 aromatic rings. The lowest BCUT2D eigenvalue weighted by molar-refractivity contribution is 0.0718. The first-order valence-corrected chi connectivity index (χ1v) is 7.49. The molecule has 4 nitrogen and oxygen atoms in total. The van der Waals surface area contributed by atoms with E-state index in [1.807, 2.05) is 12.1 Å². The quantitative estimate of drug-likeness (QED) is 0.829. The molecule has 2 N–H and O–H groups in total. The van der Waals surface area contributed by atoms with E-state index in [1.54, 1.807) is 4.90 Å². The molecule has 1 aliphatic rings. The summed E-state index contributed by atoms with van der Waals surface area (Å²) in [5.74, 6) is 0.0613. The zero-order chi connectivity index (χ0) is 14.4. The van der Waals surface area contributed by atoms with Gasteiger partial charge in [0.1, 0.15) is 0 Å². The van der Waals surface area contributed by atoms with Crippen LogP contribution >= 0.6 is 0 Å². The number of aliphatic hydroxyl groups excluding tert-OH is 1. The van der Waals surface area contributed by atoms with Crippen molar-refractivity contribution >= 4 is 5.91 Å². The SMILES string of the molecule is CCCCN(CCO)C(=O)c1cccc2c1CCNC2. The average molecular weight is 276 g/mol. The van der Waals surface area contributed by atoms with Gasteiger partial charge in [-0.25, -0.2) is 0 Å². The van der Waals surface area contributed by atoms with Crippen molar-refractivity contribution in [2.75, 3.05) is 26.2 Å². The second kappa shape index (κ2) is 7.41. The summed E-state index contributed by atoms with van der Waals surface area (Å²) in [6.45, 7) is 5.03. The van der Waals surface area contributed by atoms with E-state index >= 15 is 0 Å². The lowest BCUT2D eigenvalue weighted by Crippen LogP contribution is -2.36. The highest BCUT2D eigenvalue weighted by Gasteiger charge is 2.21. The molecule has 1 aromatic carbocycles. The Morgan fingerprint density at radius 1 is 1.40 bits per heavy atom. The first-order valence-electron chi connectivity index (χ1n) is 7.49. The number of aliphatic hydroxyl groups is 1. The third kappa shape index (κ3) is 3.38. The maximum atomic E-state index is 12.7. The molecule has 0 atom stereocenters. The first kappa shape index (κ1) is 15.0. The van der Waals surface area contributed by atoms with Crippen LogP contribution in [0.4, 0.5) is 0 Å². The van der Waals surface area contributed by atoms with Gasteiger partial charge in [-0.15, -0.1) is 0 Å². The second-order valence-electron chi connectivity index (χ2n) is 5.24. The zero-order valence-corrected chi connectivity index (χ0v) is 12.2. The number of hydrogen-bond acceptors (Lipinski definition) is 3. The molecule has 0 spiro atoms. The Balaban J connectivity index is 2.22.